The molecule has 0 spiro atoms. The predicted molar refractivity (Wildman–Crippen MR) is 94.5 cm³/mol. The number of oxazole rings is 1. The van der Waals surface area contributed by atoms with E-state index in [4.69, 9.17) is 4.42 Å². The van der Waals surface area contributed by atoms with E-state index < -0.39 is 5.82 Å². The summed E-state index contributed by atoms with van der Waals surface area (Å²) in [5.41, 5.74) is 0.851. The summed E-state index contributed by atoms with van der Waals surface area (Å²) in [6.07, 6.45) is 2.43. The number of rotatable bonds is 5. The Labute approximate surface area is 156 Å². The number of likely N-dealkylation sites (tertiary alicyclic amines) is 1. The van der Waals surface area contributed by atoms with Gasteiger partial charge in [0.05, 0.1) is 13.1 Å². The molecule has 2 aliphatic heterocycles. The quantitative estimate of drug-likeness (QED) is 0.866. The fraction of sp³-hybridized carbons (Fsp3) is 0.421. The molecule has 1 aromatic heterocycles. The third kappa shape index (κ3) is 3.85. The van der Waals surface area contributed by atoms with E-state index in [0.717, 1.165) is 19.6 Å². The second-order valence-electron chi connectivity index (χ2n) is 6.87. The van der Waals surface area contributed by atoms with Crippen molar-refractivity contribution in [2.24, 2.45) is 0 Å². The van der Waals surface area contributed by atoms with E-state index in [1.165, 1.54) is 35.9 Å². The molecule has 2 amide bonds. The van der Waals surface area contributed by atoms with E-state index in [1.807, 2.05) is 0 Å². The lowest BCUT2D eigenvalue weighted by Gasteiger charge is -2.15. The van der Waals surface area contributed by atoms with Gasteiger partial charge in [-0.05, 0) is 44.1 Å². The Morgan fingerprint density at radius 1 is 1.22 bits per heavy atom. The lowest BCUT2D eigenvalue weighted by molar-refractivity contribution is 0.0740. The largest absolute Gasteiger partial charge is 0.435 e. The minimum atomic E-state index is -0.456. The summed E-state index contributed by atoms with van der Waals surface area (Å²) in [7, 11) is 0. The molecule has 142 valence electrons. The first-order valence-corrected chi connectivity index (χ1v) is 9.14. The molecule has 1 fully saturated rings. The number of aromatic nitrogens is 1. The minimum Gasteiger partial charge on any atom is -0.435 e. The molecule has 0 bridgehead atoms. The van der Waals surface area contributed by atoms with Crippen LogP contribution in [0.3, 0.4) is 0 Å². The first-order valence-electron chi connectivity index (χ1n) is 9.14. The van der Waals surface area contributed by atoms with Crippen LogP contribution in [0.25, 0.3) is 0 Å². The smallest absolute Gasteiger partial charge is 0.307 e. The van der Waals surface area contributed by atoms with Gasteiger partial charge in [0.25, 0.3) is 11.8 Å². The molecule has 1 aromatic carbocycles. The molecule has 0 radical (unpaired) electrons. The SMILES string of the molecule is O=C(NCCN1CCCC1)c1nc2c(o1)CN(C(=O)c1cccc(F)c1)C2. The van der Waals surface area contributed by atoms with Crippen LogP contribution in [0.5, 0.6) is 0 Å². The van der Waals surface area contributed by atoms with Gasteiger partial charge in [0.15, 0.2) is 0 Å². The van der Waals surface area contributed by atoms with Gasteiger partial charge in [-0.3, -0.25) is 9.59 Å². The number of nitrogens with zero attached hydrogens (tertiary/aromatic N) is 3. The van der Waals surface area contributed by atoms with E-state index >= 15 is 0 Å². The van der Waals surface area contributed by atoms with Crippen LogP contribution >= 0.6 is 0 Å². The number of nitrogens with one attached hydrogen (secondary N) is 1. The number of hydrogen-bond donors (Lipinski definition) is 1. The zero-order valence-electron chi connectivity index (χ0n) is 14.9. The molecule has 0 atom stereocenters. The van der Waals surface area contributed by atoms with Gasteiger partial charge in [-0.2, -0.15) is 0 Å². The lowest BCUT2D eigenvalue weighted by Crippen LogP contribution is -2.33. The molecule has 2 aliphatic rings. The first-order chi connectivity index (χ1) is 13.1. The molecule has 7 nitrogen and oxygen atoms in total. The summed E-state index contributed by atoms with van der Waals surface area (Å²) >= 11 is 0. The number of carbonyl (C=O) groups is 2. The van der Waals surface area contributed by atoms with Crippen LogP contribution in [0.4, 0.5) is 4.39 Å². The normalized spacial score (nSPS) is 16.6. The zero-order valence-corrected chi connectivity index (χ0v) is 14.9. The van der Waals surface area contributed by atoms with Crippen LogP contribution in [0.1, 0.15) is 45.3 Å². The van der Waals surface area contributed by atoms with Crippen LogP contribution in [0, 0.1) is 5.82 Å². The fourth-order valence-corrected chi connectivity index (χ4v) is 3.49. The molecule has 3 heterocycles. The van der Waals surface area contributed by atoms with Crippen molar-refractivity contribution < 1.29 is 18.4 Å². The van der Waals surface area contributed by atoms with Gasteiger partial charge in [0.2, 0.25) is 0 Å². The molecule has 0 saturated carbocycles. The van der Waals surface area contributed by atoms with E-state index in [9.17, 15) is 14.0 Å². The average Bonchev–Trinajstić information content (AvgIpc) is 3.37. The van der Waals surface area contributed by atoms with Gasteiger partial charge in [0.1, 0.15) is 17.3 Å². The van der Waals surface area contributed by atoms with Crippen LogP contribution < -0.4 is 5.32 Å². The maximum absolute atomic E-state index is 13.3. The Balaban J connectivity index is 1.32. The van der Waals surface area contributed by atoms with Crippen molar-refractivity contribution in [3.8, 4) is 0 Å². The van der Waals surface area contributed by atoms with E-state index in [1.54, 1.807) is 6.07 Å². The van der Waals surface area contributed by atoms with Gasteiger partial charge in [-0.1, -0.05) is 6.07 Å². The molecule has 1 N–H and O–H groups in total. The summed E-state index contributed by atoms with van der Waals surface area (Å²) in [6.45, 7) is 4.00. The van der Waals surface area contributed by atoms with Crippen molar-refractivity contribution >= 4 is 11.8 Å². The number of halogens is 1. The van der Waals surface area contributed by atoms with Crippen molar-refractivity contribution in [2.45, 2.75) is 25.9 Å². The summed E-state index contributed by atoms with van der Waals surface area (Å²) < 4.78 is 18.9. The molecule has 0 unspecified atom stereocenters. The highest BCUT2D eigenvalue weighted by Gasteiger charge is 2.31. The molecule has 0 aliphatic carbocycles. The Morgan fingerprint density at radius 3 is 2.78 bits per heavy atom. The maximum Gasteiger partial charge on any atom is 0.307 e. The Hall–Kier alpha value is -2.74. The summed E-state index contributed by atoms with van der Waals surface area (Å²) in [5, 5.41) is 2.82. The molecule has 2 aromatic rings. The highest BCUT2D eigenvalue weighted by atomic mass is 19.1. The summed E-state index contributed by atoms with van der Waals surface area (Å²) in [6, 6.07) is 5.56. The monoisotopic (exact) mass is 372 g/mol. The highest BCUT2D eigenvalue weighted by molar-refractivity contribution is 5.94. The van der Waals surface area contributed by atoms with E-state index in [-0.39, 0.29) is 36.4 Å². The number of carbonyl (C=O) groups excluding carboxylic acids is 2. The van der Waals surface area contributed by atoms with Crippen molar-refractivity contribution in [3.05, 3.63) is 53.0 Å². The van der Waals surface area contributed by atoms with Crippen LogP contribution in [-0.4, -0.2) is 52.8 Å². The Bertz CT molecular complexity index is 837. The van der Waals surface area contributed by atoms with Crippen molar-refractivity contribution in [2.75, 3.05) is 26.2 Å². The second kappa shape index (κ2) is 7.48. The zero-order chi connectivity index (χ0) is 18.8. The van der Waals surface area contributed by atoms with Gasteiger partial charge >= 0.3 is 5.91 Å². The summed E-state index contributed by atoms with van der Waals surface area (Å²) in [5.74, 6) is -0.558. The molecule has 1 saturated heterocycles. The summed E-state index contributed by atoms with van der Waals surface area (Å²) in [4.78, 5) is 32.7. The number of fused-ring (bicyclic) bond motifs is 1. The van der Waals surface area contributed by atoms with Gasteiger partial charge in [-0.15, -0.1) is 0 Å². The number of hydrogen-bond acceptors (Lipinski definition) is 5. The minimum absolute atomic E-state index is 0.0271. The van der Waals surface area contributed by atoms with Crippen LogP contribution in [0.15, 0.2) is 28.7 Å². The van der Waals surface area contributed by atoms with Crippen molar-refractivity contribution in [3.63, 3.8) is 0 Å². The highest BCUT2D eigenvalue weighted by Crippen LogP contribution is 2.25. The molecular weight excluding hydrogens is 351 g/mol. The van der Waals surface area contributed by atoms with E-state index in [2.05, 4.69) is 15.2 Å². The maximum atomic E-state index is 13.3. The predicted octanol–water partition coefficient (Wildman–Crippen LogP) is 1.80. The molecule has 4 rings (SSSR count). The first kappa shape index (κ1) is 17.7. The number of benzene rings is 1. The van der Waals surface area contributed by atoms with E-state index in [0.29, 0.717) is 18.0 Å². The fourth-order valence-electron chi connectivity index (χ4n) is 3.49. The van der Waals surface area contributed by atoms with Crippen LogP contribution in [0.2, 0.25) is 0 Å². The Morgan fingerprint density at radius 2 is 2.04 bits per heavy atom. The van der Waals surface area contributed by atoms with Crippen molar-refractivity contribution in [1.29, 1.82) is 0 Å². The van der Waals surface area contributed by atoms with Gasteiger partial charge in [-0.25, -0.2) is 9.37 Å². The molecule has 8 heteroatoms. The standard InChI is InChI=1S/C19H21FN4O3/c20-14-5-3-4-13(10-14)19(26)24-11-15-16(12-24)27-18(22-15)17(25)21-6-9-23-7-1-2-8-23/h3-5,10H,1-2,6-9,11-12H2,(H,21,25). The molecule has 27 heavy (non-hydrogen) atoms. The lowest BCUT2D eigenvalue weighted by atomic mass is 10.2. The number of amides is 2. The molecular formula is C19H21FN4O3. The Kier molecular flexibility index (Phi) is 4.89. The van der Waals surface area contributed by atoms with Gasteiger partial charge in [0, 0.05) is 18.7 Å². The average molecular weight is 372 g/mol. The topological polar surface area (TPSA) is 78.7 Å². The van der Waals surface area contributed by atoms with Gasteiger partial charge < -0.3 is 19.5 Å². The second-order valence-corrected chi connectivity index (χ2v) is 6.87. The third-order valence-corrected chi connectivity index (χ3v) is 4.92. The third-order valence-electron chi connectivity index (χ3n) is 4.92. The van der Waals surface area contributed by atoms with Crippen LogP contribution in [-0.2, 0) is 13.1 Å². The van der Waals surface area contributed by atoms with Crippen molar-refractivity contribution in [1.82, 2.24) is 20.1 Å².